The minimum Gasteiger partial charge on any atom is -0.462 e. The minimum atomic E-state index is -0.767. The lowest BCUT2D eigenvalue weighted by Crippen LogP contribution is -2.30. The molecule has 0 aliphatic rings. The molecule has 0 N–H and O–H groups in total. The Morgan fingerprint density at radius 3 is 0.714 bits per heavy atom. The lowest BCUT2D eigenvalue weighted by molar-refractivity contribution is -0.167. The molecule has 0 fully saturated rings. The molecule has 1 unspecified atom stereocenters. The molecule has 0 saturated carbocycles. The molecule has 0 aromatic rings. The van der Waals surface area contributed by atoms with Gasteiger partial charge in [-0.25, -0.2) is 0 Å². The van der Waals surface area contributed by atoms with Crippen LogP contribution in [0.5, 0.6) is 0 Å². The minimum absolute atomic E-state index is 0.0657. The SMILES string of the molecule is CCCCCCCCC/C=C\CCCCCCCCCC(=O)OC(COC(=O)CCCCCCCCCCCC)COC(=O)CCCCCCCCCCCCCCCCCCCCCCCCCC. The van der Waals surface area contributed by atoms with E-state index in [4.69, 9.17) is 14.2 Å². The second-order valence-electron chi connectivity index (χ2n) is 21.7. The van der Waals surface area contributed by atoms with E-state index in [0.717, 1.165) is 57.8 Å². The fourth-order valence-electron chi connectivity index (χ4n) is 9.74. The van der Waals surface area contributed by atoms with Crippen LogP contribution < -0.4 is 0 Å². The standard InChI is InChI=1S/C64H122O6/c1-4-7-10-13-16-19-22-24-26-28-30-31-32-33-34-35-37-38-40-42-45-48-51-54-57-63(66)69-60-61(59-68-62(65)56-53-50-47-44-21-18-15-12-9-6-3)70-64(67)58-55-52-49-46-43-41-39-36-29-27-25-23-20-17-14-11-8-5-2/h27,29,61H,4-26,28,30-60H2,1-3H3/b29-27-. The van der Waals surface area contributed by atoms with Crippen molar-refractivity contribution in [2.24, 2.45) is 0 Å². The van der Waals surface area contributed by atoms with Crippen molar-refractivity contribution >= 4 is 17.9 Å². The predicted octanol–water partition coefficient (Wildman–Crippen LogP) is 21.3. The maximum atomic E-state index is 12.9. The molecule has 0 aliphatic heterocycles. The molecular formula is C64H122O6. The van der Waals surface area contributed by atoms with Crippen LogP contribution >= 0.6 is 0 Å². The Morgan fingerprint density at radius 1 is 0.271 bits per heavy atom. The van der Waals surface area contributed by atoms with Crippen LogP contribution in [0.1, 0.15) is 361 Å². The summed E-state index contributed by atoms with van der Waals surface area (Å²) in [6.07, 6.45) is 69.4. The monoisotopic (exact) mass is 987 g/mol. The first-order chi connectivity index (χ1) is 34.5. The predicted molar refractivity (Wildman–Crippen MR) is 303 cm³/mol. The van der Waals surface area contributed by atoms with Gasteiger partial charge in [0.15, 0.2) is 6.10 Å². The van der Waals surface area contributed by atoms with Crippen LogP contribution in [0.2, 0.25) is 0 Å². The van der Waals surface area contributed by atoms with E-state index < -0.39 is 6.10 Å². The fourth-order valence-corrected chi connectivity index (χ4v) is 9.74. The van der Waals surface area contributed by atoms with E-state index >= 15 is 0 Å². The molecule has 414 valence electrons. The van der Waals surface area contributed by atoms with E-state index in [0.29, 0.717) is 19.3 Å². The average molecular weight is 988 g/mol. The topological polar surface area (TPSA) is 78.9 Å². The van der Waals surface area contributed by atoms with Gasteiger partial charge in [-0.3, -0.25) is 14.4 Å². The zero-order valence-corrected chi connectivity index (χ0v) is 47.6. The van der Waals surface area contributed by atoms with Crippen molar-refractivity contribution in [3.63, 3.8) is 0 Å². The van der Waals surface area contributed by atoms with E-state index in [2.05, 4.69) is 32.9 Å². The van der Waals surface area contributed by atoms with Gasteiger partial charge in [-0.1, -0.05) is 309 Å². The lowest BCUT2D eigenvalue weighted by atomic mass is 10.0. The van der Waals surface area contributed by atoms with Gasteiger partial charge in [0.25, 0.3) is 0 Å². The first-order valence-electron chi connectivity index (χ1n) is 31.7. The third-order valence-corrected chi connectivity index (χ3v) is 14.5. The van der Waals surface area contributed by atoms with Crippen molar-refractivity contribution in [3.05, 3.63) is 12.2 Å². The molecule has 70 heavy (non-hydrogen) atoms. The van der Waals surface area contributed by atoms with E-state index in [1.54, 1.807) is 0 Å². The van der Waals surface area contributed by atoms with E-state index in [-0.39, 0.29) is 31.1 Å². The summed E-state index contributed by atoms with van der Waals surface area (Å²) in [5.41, 5.74) is 0. The van der Waals surface area contributed by atoms with Gasteiger partial charge in [0.2, 0.25) is 0 Å². The Kier molecular flexibility index (Phi) is 58.1. The molecule has 0 radical (unpaired) electrons. The molecule has 0 spiro atoms. The highest BCUT2D eigenvalue weighted by Crippen LogP contribution is 2.18. The van der Waals surface area contributed by atoms with Gasteiger partial charge in [-0.2, -0.15) is 0 Å². The van der Waals surface area contributed by atoms with Gasteiger partial charge in [0, 0.05) is 19.3 Å². The number of hydrogen-bond donors (Lipinski definition) is 0. The summed E-state index contributed by atoms with van der Waals surface area (Å²) in [6.45, 7) is 6.69. The average Bonchev–Trinajstić information content (AvgIpc) is 3.36. The first-order valence-corrected chi connectivity index (χ1v) is 31.7. The molecule has 0 rings (SSSR count). The first kappa shape index (κ1) is 68.2. The highest BCUT2D eigenvalue weighted by Gasteiger charge is 2.19. The Bertz CT molecular complexity index is 1090. The molecule has 0 aliphatic carbocycles. The van der Waals surface area contributed by atoms with Crippen LogP contribution in [0.3, 0.4) is 0 Å². The Hall–Kier alpha value is -1.85. The number of unbranched alkanes of at least 4 members (excludes halogenated alkanes) is 46. The van der Waals surface area contributed by atoms with Gasteiger partial charge in [0.05, 0.1) is 0 Å². The number of ether oxygens (including phenoxy) is 3. The zero-order chi connectivity index (χ0) is 50.7. The van der Waals surface area contributed by atoms with Crippen molar-refractivity contribution in [2.75, 3.05) is 13.2 Å². The molecule has 0 saturated heterocycles. The highest BCUT2D eigenvalue weighted by molar-refractivity contribution is 5.71. The van der Waals surface area contributed by atoms with Crippen LogP contribution in [0.15, 0.2) is 12.2 Å². The molecule has 0 bridgehead atoms. The summed E-state index contributed by atoms with van der Waals surface area (Å²) >= 11 is 0. The molecular weight excluding hydrogens is 865 g/mol. The van der Waals surface area contributed by atoms with Crippen LogP contribution in [0.25, 0.3) is 0 Å². The molecule has 1 atom stereocenters. The van der Waals surface area contributed by atoms with Crippen molar-refractivity contribution in [1.82, 2.24) is 0 Å². The summed E-state index contributed by atoms with van der Waals surface area (Å²) in [5.74, 6) is -0.845. The second-order valence-corrected chi connectivity index (χ2v) is 21.7. The molecule has 6 heteroatoms. The summed E-state index contributed by atoms with van der Waals surface area (Å²) in [5, 5.41) is 0. The van der Waals surface area contributed by atoms with Gasteiger partial charge >= 0.3 is 17.9 Å². The van der Waals surface area contributed by atoms with Gasteiger partial charge in [0.1, 0.15) is 13.2 Å². The lowest BCUT2D eigenvalue weighted by Gasteiger charge is -2.18. The Labute approximate surface area is 437 Å². The smallest absolute Gasteiger partial charge is 0.306 e. The summed E-state index contributed by atoms with van der Waals surface area (Å²) in [4.78, 5) is 38.2. The fraction of sp³-hybridized carbons (Fsp3) is 0.922. The number of rotatable bonds is 59. The third kappa shape index (κ3) is 57.1. The number of allylic oxidation sites excluding steroid dienone is 2. The van der Waals surface area contributed by atoms with Crippen molar-refractivity contribution in [3.8, 4) is 0 Å². The van der Waals surface area contributed by atoms with Gasteiger partial charge < -0.3 is 14.2 Å². The third-order valence-electron chi connectivity index (χ3n) is 14.5. The Morgan fingerprint density at radius 2 is 0.471 bits per heavy atom. The number of carbonyl (C=O) groups excluding carboxylic acids is 3. The van der Waals surface area contributed by atoms with Crippen LogP contribution in [-0.2, 0) is 28.6 Å². The highest BCUT2D eigenvalue weighted by atomic mass is 16.6. The molecule has 0 aromatic carbocycles. The maximum Gasteiger partial charge on any atom is 0.306 e. The van der Waals surface area contributed by atoms with Crippen molar-refractivity contribution in [2.45, 2.75) is 367 Å². The molecule has 0 heterocycles. The van der Waals surface area contributed by atoms with Crippen LogP contribution in [0, 0.1) is 0 Å². The van der Waals surface area contributed by atoms with Crippen LogP contribution in [0.4, 0.5) is 0 Å². The van der Waals surface area contributed by atoms with E-state index in [1.165, 1.54) is 263 Å². The summed E-state index contributed by atoms with van der Waals surface area (Å²) in [7, 11) is 0. The normalized spacial score (nSPS) is 12.0. The molecule has 6 nitrogen and oxygen atoms in total. The van der Waals surface area contributed by atoms with Crippen molar-refractivity contribution < 1.29 is 28.6 Å². The molecule has 0 amide bonds. The van der Waals surface area contributed by atoms with Gasteiger partial charge in [-0.05, 0) is 44.9 Å². The Balaban J connectivity index is 4.17. The summed E-state index contributed by atoms with van der Waals surface area (Å²) in [6, 6.07) is 0. The zero-order valence-electron chi connectivity index (χ0n) is 47.6. The maximum absolute atomic E-state index is 12.9. The van der Waals surface area contributed by atoms with Gasteiger partial charge in [-0.15, -0.1) is 0 Å². The summed E-state index contributed by atoms with van der Waals surface area (Å²) < 4.78 is 16.9. The quantitative estimate of drug-likeness (QED) is 0.0261. The number of carbonyl (C=O) groups is 3. The second kappa shape index (κ2) is 59.7. The largest absolute Gasteiger partial charge is 0.462 e. The van der Waals surface area contributed by atoms with Crippen molar-refractivity contribution in [1.29, 1.82) is 0 Å². The van der Waals surface area contributed by atoms with Crippen LogP contribution in [-0.4, -0.2) is 37.2 Å². The van der Waals surface area contributed by atoms with E-state index in [9.17, 15) is 14.4 Å². The number of esters is 3. The molecule has 0 aromatic heterocycles. The number of hydrogen-bond acceptors (Lipinski definition) is 6. The van der Waals surface area contributed by atoms with E-state index in [1.807, 2.05) is 0 Å².